The van der Waals surface area contributed by atoms with E-state index in [1.54, 1.807) is 33.8 Å². The lowest BCUT2D eigenvalue weighted by atomic mass is 10.1. The van der Waals surface area contributed by atoms with Gasteiger partial charge in [0.1, 0.15) is 26.9 Å². The summed E-state index contributed by atoms with van der Waals surface area (Å²) in [6.45, 7) is 7.63. The summed E-state index contributed by atoms with van der Waals surface area (Å²) in [7, 11) is 1.32. The van der Waals surface area contributed by atoms with Crippen LogP contribution in [-0.4, -0.2) is 46.2 Å². The molecule has 0 saturated carbocycles. The van der Waals surface area contributed by atoms with Gasteiger partial charge in [0.25, 0.3) is 5.56 Å². The molecule has 42 heavy (non-hydrogen) atoms. The molecular weight excluding hydrogens is 567 g/mol. The van der Waals surface area contributed by atoms with Gasteiger partial charge in [0.15, 0.2) is 5.78 Å². The Morgan fingerprint density at radius 1 is 1.00 bits per heavy atom. The normalized spacial score (nSPS) is 11.4. The maximum Gasteiger partial charge on any atom is 0.348 e. The fourth-order valence-electron chi connectivity index (χ4n) is 4.39. The van der Waals surface area contributed by atoms with Crippen LogP contribution in [0.4, 0.5) is 4.39 Å². The van der Waals surface area contributed by atoms with Crippen molar-refractivity contribution in [3.05, 3.63) is 90.7 Å². The fraction of sp³-hybridized carbons (Fsp3) is 0.300. The van der Waals surface area contributed by atoms with Crippen LogP contribution in [-0.2, 0) is 16.0 Å². The summed E-state index contributed by atoms with van der Waals surface area (Å²) in [4.78, 5) is 67.5. The lowest BCUT2D eigenvalue weighted by molar-refractivity contribution is 0.00691. The van der Waals surface area contributed by atoms with E-state index in [0.717, 1.165) is 32.6 Å². The number of esters is 2. The van der Waals surface area contributed by atoms with Gasteiger partial charge in [-0.25, -0.2) is 23.3 Å². The van der Waals surface area contributed by atoms with Gasteiger partial charge in [-0.2, -0.15) is 0 Å². The fourth-order valence-corrected chi connectivity index (χ4v) is 5.58. The number of nitrogens with zero attached hydrogens (tertiary/aromatic N) is 2. The third-order valence-corrected chi connectivity index (χ3v) is 7.50. The smallest absolute Gasteiger partial charge is 0.348 e. The van der Waals surface area contributed by atoms with Crippen LogP contribution in [0.1, 0.15) is 63.6 Å². The number of rotatable bonds is 8. The molecule has 2 aromatic heterocycles. The van der Waals surface area contributed by atoms with Crippen molar-refractivity contribution >= 4 is 39.3 Å². The molecule has 0 N–H and O–H groups in total. The number of carbonyl (C=O) groups is 3. The number of methoxy groups -OCH3 is 1. The van der Waals surface area contributed by atoms with E-state index in [9.17, 15) is 28.4 Å². The number of Topliss-reactive ketones (excluding diaryl/α,β-unsaturated/α-hetero) is 1. The summed E-state index contributed by atoms with van der Waals surface area (Å²) >= 11 is 0.825. The monoisotopic (exact) mass is 596 g/mol. The molecule has 2 aromatic carbocycles. The number of carbonyl (C=O) groups excluding carboxylic acids is 3. The van der Waals surface area contributed by atoms with Gasteiger partial charge >= 0.3 is 17.6 Å². The van der Waals surface area contributed by atoms with Crippen LogP contribution in [0, 0.1) is 12.7 Å². The molecule has 0 spiro atoms. The van der Waals surface area contributed by atoms with Crippen molar-refractivity contribution in [3.63, 3.8) is 0 Å². The number of benzene rings is 2. The summed E-state index contributed by atoms with van der Waals surface area (Å²) in [6, 6.07) is 9.31. The molecule has 0 aliphatic carbocycles. The number of para-hydroxylation sites is 1. The molecule has 10 nitrogen and oxygen atoms in total. The summed E-state index contributed by atoms with van der Waals surface area (Å²) in [6.07, 6.45) is 0. The Morgan fingerprint density at radius 2 is 1.69 bits per heavy atom. The van der Waals surface area contributed by atoms with E-state index < -0.39 is 46.9 Å². The van der Waals surface area contributed by atoms with Gasteiger partial charge in [-0.3, -0.25) is 14.2 Å². The standard InChI is InChI=1S/C30H29FN2O8S/c1-7-40-28(37)24-16(2)23-25(35)33(20-11-9-8-10-18(20)27(36)41-30(3,4)5)29(38)32(26(23)42-24)15-21(34)19-14-17(31)12-13-22(19)39-6/h8-14H,7,15H2,1-6H3. The van der Waals surface area contributed by atoms with E-state index in [4.69, 9.17) is 14.2 Å². The van der Waals surface area contributed by atoms with E-state index in [-0.39, 0.29) is 49.8 Å². The van der Waals surface area contributed by atoms with E-state index in [1.807, 2.05) is 0 Å². The number of ether oxygens (including phenoxy) is 3. The van der Waals surface area contributed by atoms with Crippen LogP contribution < -0.4 is 16.0 Å². The van der Waals surface area contributed by atoms with Crippen LogP contribution in [0.15, 0.2) is 52.1 Å². The molecule has 4 rings (SSSR count). The van der Waals surface area contributed by atoms with Gasteiger partial charge in [0, 0.05) is 0 Å². The van der Waals surface area contributed by atoms with Crippen molar-refractivity contribution in [3.8, 4) is 11.4 Å². The summed E-state index contributed by atoms with van der Waals surface area (Å²) in [5, 5.41) is -0.0133. The van der Waals surface area contributed by atoms with Gasteiger partial charge < -0.3 is 14.2 Å². The summed E-state index contributed by atoms with van der Waals surface area (Å²) < 4.78 is 31.7. The number of fused-ring (bicyclic) bond motifs is 1. The number of thiophene rings is 1. The van der Waals surface area contributed by atoms with Gasteiger partial charge in [-0.05, 0) is 70.5 Å². The number of hydrogen-bond donors (Lipinski definition) is 0. The minimum atomic E-state index is -0.955. The molecular formula is C30H29FN2O8S. The molecule has 0 aliphatic rings. The summed E-state index contributed by atoms with van der Waals surface area (Å²) in [5.41, 5.74) is -2.64. The van der Waals surface area contributed by atoms with Crippen molar-refractivity contribution in [2.24, 2.45) is 0 Å². The average Bonchev–Trinajstić information content (AvgIpc) is 3.27. The predicted octanol–water partition coefficient (Wildman–Crippen LogP) is 4.68. The maximum absolute atomic E-state index is 14.1. The Morgan fingerprint density at radius 3 is 2.33 bits per heavy atom. The van der Waals surface area contributed by atoms with Crippen molar-refractivity contribution in [2.45, 2.75) is 46.8 Å². The van der Waals surface area contributed by atoms with Crippen LogP contribution in [0.3, 0.4) is 0 Å². The molecule has 12 heteroatoms. The quantitative estimate of drug-likeness (QED) is 0.212. The second-order valence-electron chi connectivity index (χ2n) is 10.3. The Bertz CT molecular complexity index is 1850. The minimum absolute atomic E-state index is 0.0133. The zero-order chi connectivity index (χ0) is 30.9. The van der Waals surface area contributed by atoms with E-state index in [2.05, 4.69) is 0 Å². The average molecular weight is 597 g/mol. The molecule has 220 valence electrons. The van der Waals surface area contributed by atoms with Gasteiger partial charge in [-0.15, -0.1) is 11.3 Å². The molecule has 0 saturated heterocycles. The minimum Gasteiger partial charge on any atom is -0.496 e. The van der Waals surface area contributed by atoms with Crippen molar-refractivity contribution < 1.29 is 33.0 Å². The van der Waals surface area contributed by atoms with Crippen molar-refractivity contribution in [1.82, 2.24) is 9.13 Å². The predicted molar refractivity (Wildman–Crippen MR) is 155 cm³/mol. The first-order chi connectivity index (χ1) is 19.8. The van der Waals surface area contributed by atoms with Crippen molar-refractivity contribution in [1.29, 1.82) is 0 Å². The first kappa shape index (κ1) is 30.4. The second kappa shape index (κ2) is 11.7. The highest BCUT2D eigenvalue weighted by molar-refractivity contribution is 7.20. The Balaban J connectivity index is 2.04. The van der Waals surface area contributed by atoms with E-state index >= 15 is 0 Å². The topological polar surface area (TPSA) is 123 Å². The SMILES string of the molecule is CCOC(=O)c1sc2c(c1C)c(=O)n(-c1ccccc1C(=O)OC(C)(C)C)c(=O)n2CC(=O)c1cc(F)ccc1OC. The highest BCUT2D eigenvalue weighted by atomic mass is 32.1. The van der Waals surface area contributed by atoms with Crippen LogP contribution in [0.25, 0.3) is 15.9 Å². The third kappa shape index (κ3) is 5.75. The number of halogens is 1. The second-order valence-corrected chi connectivity index (χ2v) is 11.3. The molecule has 0 fully saturated rings. The van der Waals surface area contributed by atoms with Gasteiger partial charge in [0.05, 0.1) is 42.5 Å². The first-order valence-corrected chi connectivity index (χ1v) is 13.8. The first-order valence-electron chi connectivity index (χ1n) is 12.9. The molecule has 0 bridgehead atoms. The Hall–Kier alpha value is -4.58. The largest absolute Gasteiger partial charge is 0.496 e. The Labute approximate surface area is 243 Å². The molecule has 0 aliphatic heterocycles. The third-order valence-electron chi connectivity index (χ3n) is 6.20. The maximum atomic E-state index is 14.1. The highest BCUT2D eigenvalue weighted by Gasteiger charge is 2.28. The Kier molecular flexibility index (Phi) is 8.48. The zero-order valence-corrected chi connectivity index (χ0v) is 24.7. The number of aryl methyl sites for hydroxylation is 1. The highest BCUT2D eigenvalue weighted by Crippen LogP contribution is 2.30. The van der Waals surface area contributed by atoms with Crippen LogP contribution in [0.5, 0.6) is 5.75 Å². The van der Waals surface area contributed by atoms with Crippen LogP contribution in [0.2, 0.25) is 0 Å². The molecule has 0 radical (unpaired) electrons. The molecule has 2 heterocycles. The summed E-state index contributed by atoms with van der Waals surface area (Å²) in [5.74, 6) is -2.77. The van der Waals surface area contributed by atoms with E-state index in [0.29, 0.717) is 0 Å². The molecule has 4 aromatic rings. The number of aromatic nitrogens is 2. The number of hydrogen-bond acceptors (Lipinski definition) is 9. The van der Waals surface area contributed by atoms with Crippen LogP contribution >= 0.6 is 11.3 Å². The molecule has 0 unspecified atom stereocenters. The zero-order valence-electron chi connectivity index (χ0n) is 23.9. The molecule has 0 amide bonds. The molecule has 0 atom stereocenters. The van der Waals surface area contributed by atoms with E-state index in [1.165, 1.54) is 38.3 Å². The number of ketones is 1. The lowest BCUT2D eigenvalue weighted by Gasteiger charge is -2.21. The van der Waals surface area contributed by atoms with Gasteiger partial charge in [-0.1, -0.05) is 12.1 Å². The lowest BCUT2D eigenvalue weighted by Crippen LogP contribution is -2.40. The van der Waals surface area contributed by atoms with Gasteiger partial charge in [0.2, 0.25) is 0 Å². The van der Waals surface area contributed by atoms with Crippen molar-refractivity contribution in [2.75, 3.05) is 13.7 Å².